The number of rotatable bonds is 7. The second kappa shape index (κ2) is 13.5. The molecule has 0 aliphatic carbocycles. The van der Waals surface area contributed by atoms with E-state index < -0.39 is 5.60 Å². The summed E-state index contributed by atoms with van der Waals surface area (Å²) in [6.07, 6.45) is 6.97. The lowest BCUT2D eigenvalue weighted by molar-refractivity contribution is 0.0497. The fourth-order valence-corrected chi connectivity index (χ4v) is 5.75. The van der Waals surface area contributed by atoms with Crippen molar-refractivity contribution in [1.82, 2.24) is 25.5 Å². The molecular weight excluding hydrogens is 540 g/mol. The molecule has 2 aromatic heterocycles. The standard InChI is InChI=1S/C34H44N6O3/c1-24-8-10-26(21-29(24)30-7-5-6-16-35-30)32(41)37-27-12-17-39(18-13-27)23-25-9-11-31(36-22-25)40-19-14-28(15-20-40)38-33(42)43-34(2,3)4/h5-11,16,21-22,27-28H,12-15,17-20,23H2,1-4H3,(H,37,41)(H,38,42). The average Bonchev–Trinajstić information content (AvgIpc) is 2.99. The van der Waals surface area contributed by atoms with Gasteiger partial charge in [-0.05, 0) is 94.8 Å². The number of hydrogen-bond acceptors (Lipinski definition) is 7. The minimum atomic E-state index is -0.490. The highest BCUT2D eigenvalue weighted by Gasteiger charge is 2.25. The molecule has 228 valence electrons. The van der Waals surface area contributed by atoms with E-state index >= 15 is 0 Å². The largest absolute Gasteiger partial charge is 0.444 e. The Morgan fingerprint density at radius 3 is 2.28 bits per heavy atom. The molecule has 2 fully saturated rings. The van der Waals surface area contributed by atoms with E-state index in [0.717, 1.165) is 81.0 Å². The second-order valence-electron chi connectivity index (χ2n) is 12.7. The Kier molecular flexibility index (Phi) is 9.60. The molecule has 0 spiro atoms. The Morgan fingerprint density at radius 1 is 0.907 bits per heavy atom. The zero-order valence-corrected chi connectivity index (χ0v) is 25.8. The molecule has 3 aromatic rings. The van der Waals surface area contributed by atoms with E-state index in [1.54, 1.807) is 6.20 Å². The maximum absolute atomic E-state index is 13.1. The Hall–Kier alpha value is -3.98. The van der Waals surface area contributed by atoms with Gasteiger partial charge in [0.1, 0.15) is 11.4 Å². The SMILES string of the molecule is Cc1ccc(C(=O)NC2CCN(Cc3ccc(N4CCC(NC(=O)OC(C)(C)C)CC4)nc3)CC2)cc1-c1ccccn1. The number of anilines is 1. The van der Waals surface area contributed by atoms with Crippen molar-refractivity contribution in [3.63, 3.8) is 0 Å². The molecule has 2 aliphatic heterocycles. The topological polar surface area (TPSA) is 99.7 Å². The van der Waals surface area contributed by atoms with Crippen LogP contribution in [0.5, 0.6) is 0 Å². The number of nitrogens with one attached hydrogen (secondary N) is 2. The quantitative estimate of drug-likeness (QED) is 0.387. The maximum Gasteiger partial charge on any atom is 0.407 e. The molecule has 2 saturated heterocycles. The summed E-state index contributed by atoms with van der Waals surface area (Å²) < 4.78 is 5.39. The molecule has 0 saturated carbocycles. The van der Waals surface area contributed by atoms with Crippen LogP contribution >= 0.6 is 0 Å². The first-order valence-corrected chi connectivity index (χ1v) is 15.4. The predicted molar refractivity (Wildman–Crippen MR) is 169 cm³/mol. The van der Waals surface area contributed by atoms with E-state index in [9.17, 15) is 9.59 Å². The van der Waals surface area contributed by atoms with Crippen LogP contribution in [0.2, 0.25) is 0 Å². The van der Waals surface area contributed by atoms with Gasteiger partial charge in [-0.2, -0.15) is 0 Å². The summed E-state index contributed by atoms with van der Waals surface area (Å²) in [7, 11) is 0. The third kappa shape index (κ3) is 8.54. The third-order valence-electron chi connectivity index (χ3n) is 8.12. The fourth-order valence-electron chi connectivity index (χ4n) is 5.75. The van der Waals surface area contributed by atoms with E-state index in [1.807, 2.05) is 70.3 Å². The first-order valence-electron chi connectivity index (χ1n) is 15.4. The predicted octanol–water partition coefficient (Wildman–Crippen LogP) is 5.34. The summed E-state index contributed by atoms with van der Waals surface area (Å²) in [5, 5.41) is 6.25. The van der Waals surface area contributed by atoms with Crippen molar-refractivity contribution < 1.29 is 14.3 Å². The van der Waals surface area contributed by atoms with Gasteiger partial charge in [-0.25, -0.2) is 9.78 Å². The number of aryl methyl sites for hydroxylation is 1. The van der Waals surface area contributed by atoms with Gasteiger partial charge in [-0.3, -0.25) is 14.7 Å². The van der Waals surface area contributed by atoms with Gasteiger partial charge in [0.15, 0.2) is 0 Å². The summed E-state index contributed by atoms with van der Waals surface area (Å²) in [6, 6.07) is 16.2. The van der Waals surface area contributed by atoms with E-state index in [2.05, 4.69) is 37.6 Å². The Balaban J connectivity index is 1.05. The summed E-state index contributed by atoms with van der Waals surface area (Å²) in [4.78, 5) is 39.1. The number of carbonyl (C=O) groups excluding carboxylic acids is 2. The zero-order chi connectivity index (χ0) is 30.4. The number of nitrogens with zero attached hydrogens (tertiary/aromatic N) is 4. The van der Waals surface area contributed by atoms with E-state index in [4.69, 9.17) is 9.72 Å². The summed E-state index contributed by atoms with van der Waals surface area (Å²) in [5.74, 6) is 0.947. The summed E-state index contributed by atoms with van der Waals surface area (Å²) >= 11 is 0. The van der Waals surface area contributed by atoms with Crippen LogP contribution in [0.4, 0.5) is 10.6 Å². The molecule has 9 heteroatoms. The third-order valence-corrected chi connectivity index (χ3v) is 8.12. The van der Waals surface area contributed by atoms with Crippen molar-refractivity contribution in [2.45, 2.75) is 77.6 Å². The van der Waals surface area contributed by atoms with Crippen LogP contribution in [-0.2, 0) is 11.3 Å². The minimum absolute atomic E-state index is 0.0277. The number of piperidine rings is 2. The number of alkyl carbamates (subject to hydrolysis) is 1. The molecule has 0 radical (unpaired) electrons. The molecular formula is C34H44N6O3. The van der Waals surface area contributed by atoms with E-state index in [1.165, 1.54) is 5.56 Å². The number of hydrogen-bond donors (Lipinski definition) is 2. The molecule has 0 atom stereocenters. The molecule has 2 aliphatic rings. The van der Waals surface area contributed by atoms with Crippen LogP contribution < -0.4 is 15.5 Å². The van der Waals surface area contributed by atoms with Gasteiger partial charge < -0.3 is 20.3 Å². The van der Waals surface area contributed by atoms with Crippen LogP contribution in [0.15, 0.2) is 60.9 Å². The number of carbonyl (C=O) groups is 2. The van der Waals surface area contributed by atoms with E-state index in [0.29, 0.717) is 5.56 Å². The van der Waals surface area contributed by atoms with Crippen molar-refractivity contribution in [3.8, 4) is 11.3 Å². The van der Waals surface area contributed by atoms with Crippen molar-refractivity contribution in [3.05, 3.63) is 77.6 Å². The van der Waals surface area contributed by atoms with Crippen LogP contribution in [0.25, 0.3) is 11.3 Å². The fraction of sp³-hybridized carbons (Fsp3) is 0.471. The van der Waals surface area contributed by atoms with Crippen LogP contribution in [0.3, 0.4) is 0 Å². The van der Waals surface area contributed by atoms with Crippen molar-refractivity contribution in [1.29, 1.82) is 0 Å². The molecule has 0 unspecified atom stereocenters. The summed E-state index contributed by atoms with van der Waals surface area (Å²) in [5.41, 5.74) is 4.33. The van der Waals surface area contributed by atoms with E-state index in [-0.39, 0.29) is 24.1 Å². The molecule has 0 bridgehead atoms. The van der Waals surface area contributed by atoms with Crippen LogP contribution in [-0.4, -0.2) is 70.7 Å². The van der Waals surface area contributed by atoms with Gasteiger partial charge in [-0.1, -0.05) is 18.2 Å². The highest BCUT2D eigenvalue weighted by molar-refractivity contribution is 5.95. The van der Waals surface area contributed by atoms with Crippen molar-refractivity contribution in [2.75, 3.05) is 31.1 Å². The Morgan fingerprint density at radius 2 is 1.63 bits per heavy atom. The molecule has 2 N–H and O–H groups in total. The number of aromatic nitrogens is 2. The molecule has 4 heterocycles. The average molecular weight is 585 g/mol. The van der Waals surface area contributed by atoms with Crippen molar-refractivity contribution >= 4 is 17.8 Å². The van der Waals surface area contributed by atoms with Gasteiger partial charge in [0, 0.05) is 68.3 Å². The first-order chi connectivity index (χ1) is 20.6. The van der Waals surface area contributed by atoms with Crippen LogP contribution in [0.1, 0.15) is 67.9 Å². The number of ether oxygens (including phenoxy) is 1. The minimum Gasteiger partial charge on any atom is -0.444 e. The lowest BCUT2D eigenvalue weighted by Gasteiger charge is -2.34. The Bertz CT molecular complexity index is 1370. The maximum atomic E-state index is 13.1. The van der Waals surface area contributed by atoms with Crippen LogP contribution in [0, 0.1) is 6.92 Å². The number of benzene rings is 1. The molecule has 5 rings (SSSR count). The van der Waals surface area contributed by atoms with Gasteiger partial charge in [0.2, 0.25) is 0 Å². The zero-order valence-electron chi connectivity index (χ0n) is 25.8. The molecule has 43 heavy (non-hydrogen) atoms. The van der Waals surface area contributed by atoms with Gasteiger partial charge in [-0.15, -0.1) is 0 Å². The highest BCUT2D eigenvalue weighted by atomic mass is 16.6. The molecule has 1 aromatic carbocycles. The molecule has 2 amide bonds. The second-order valence-corrected chi connectivity index (χ2v) is 12.7. The van der Waals surface area contributed by atoms with Crippen molar-refractivity contribution in [2.24, 2.45) is 0 Å². The lowest BCUT2D eigenvalue weighted by Crippen LogP contribution is -2.46. The number of amides is 2. The molecule has 9 nitrogen and oxygen atoms in total. The van der Waals surface area contributed by atoms with Gasteiger partial charge in [0.25, 0.3) is 5.91 Å². The monoisotopic (exact) mass is 584 g/mol. The Labute approximate surface area is 255 Å². The van der Waals surface area contributed by atoms with Gasteiger partial charge >= 0.3 is 6.09 Å². The summed E-state index contributed by atoms with van der Waals surface area (Å²) in [6.45, 7) is 12.1. The smallest absolute Gasteiger partial charge is 0.407 e. The normalized spacial score (nSPS) is 17.0. The van der Waals surface area contributed by atoms with Gasteiger partial charge in [0.05, 0.1) is 5.69 Å². The first kappa shape index (κ1) is 30.5. The lowest BCUT2D eigenvalue weighted by atomic mass is 10.00. The highest BCUT2D eigenvalue weighted by Crippen LogP contribution is 2.24. The number of pyridine rings is 2. The number of likely N-dealkylation sites (tertiary alicyclic amines) is 1.